The number of benzene rings is 1. The summed E-state index contributed by atoms with van der Waals surface area (Å²) in [6.07, 6.45) is 0.999. The summed E-state index contributed by atoms with van der Waals surface area (Å²) >= 11 is 3.22. The fourth-order valence-electron chi connectivity index (χ4n) is 2.46. The number of nitrogens with zero attached hydrogens (tertiary/aromatic N) is 1. The number of hydrogen-bond acceptors (Lipinski definition) is 5. The van der Waals surface area contributed by atoms with Crippen LogP contribution in [0.5, 0.6) is 0 Å². The molecule has 0 saturated carbocycles. The number of anilines is 1. The third-order valence-corrected chi connectivity index (χ3v) is 5.90. The van der Waals surface area contributed by atoms with Crippen LogP contribution in [0, 0.1) is 6.92 Å². The van der Waals surface area contributed by atoms with Crippen molar-refractivity contribution in [2.75, 3.05) is 16.8 Å². The van der Waals surface area contributed by atoms with Gasteiger partial charge < -0.3 is 5.11 Å². The average Bonchev–Trinajstić information content (AvgIpc) is 2.89. The zero-order valence-corrected chi connectivity index (χ0v) is 14.0. The van der Waals surface area contributed by atoms with Crippen LogP contribution >= 0.6 is 23.1 Å². The van der Waals surface area contributed by atoms with Gasteiger partial charge in [0, 0.05) is 0 Å². The van der Waals surface area contributed by atoms with Gasteiger partial charge in [-0.15, -0.1) is 0 Å². The molecule has 1 aromatic carbocycles. The SMILES string of the molecule is Cc1nc(NC(=O)C2(O)CCSCC2)sc1-c1ccccc1. The van der Waals surface area contributed by atoms with Gasteiger partial charge in [0.25, 0.3) is 5.91 Å². The molecular weight excluding hydrogens is 316 g/mol. The van der Waals surface area contributed by atoms with E-state index in [9.17, 15) is 9.90 Å². The lowest BCUT2D eigenvalue weighted by atomic mass is 9.96. The molecule has 0 bridgehead atoms. The Bertz CT molecular complexity index is 664. The Morgan fingerprint density at radius 1 is 1.27 bits per heavy atom. The summed E-state index contributed by atoms with van der Waals surface area (Å²) in [7, 11) is 0. The van der Waals surface area contributed by atoms with E-state index in [1.165, 1.54) is 11.3 Å². The van der Waals surface area contributed by atoms with Crippen molar-refractivity contribution in [3.8, 4) is 10.4 Å². The van der Waals surface area contributed by atoms with Crippen LogP contribution in [-0.2, 0) is 4.79 Å². The topological polar surface area (TPSA) is 62.2 Å². The third-order valence-electron chi connectivity index (χ3n) is 3.80. The van der Waals surface area contributed by atoms with Crippen LogP contribution < -0.4 is 5.32 Å². The van der Waals surface area contributed by atoms with Gasteiger partial charge in [-0.3, -0.25) is 10.1 Å². The molecule has 116 valence electrons. The number of aryl methyl sites for hydroxylation is 1. The van der Waals surface area contributed by atoms with E-state index in [2.05, 4.69) is 10.3 Å². The normalized spacial score (nSPS) is 17.2. The summed E-state index contributed by atoms with van der Waals surface area (Å²) in [6, 6.07) is 9.99. The van der Waals surface area contributed by atoms with E-state index in [-0.39, 0.29) is 5.91 Å². The zero-order valence-electron chi connectivity index (χ0n) is 12.3. The van der Waals surface area contributed by atoms with Gasteiger partial charge in [-0.1, -0.05) is 41.7 Å². The van der Waals surface area contributed by atoms with Gasteiger partial charge in [-0.05, 0) is 36.8 Å². The van der Waals surface area contributed by atoms with Crippen LogP contribution in [0.3, 0.4) is 0 Å². The number of thioether (sulfide) groups is 1. The minimum absolute atomic E-state index is 0.332. The van der Waals surface area contributed by atoms with Crippen molar-refractivity contribution in [3.63, 3.8) is 0 Å². The van der Waals surface area contributed by atoms with E-state index >= 15 is 0 Å². The second kappa shape index (κ2) is 6.40. The molecule has 4 nitrogen and oxygen atoms in total. The third kappa shape index (κ3) is 3.19. The monoisotopic (exact) mass is 334 g/mol. The van der Waals surface area contributed by atoms with Gasteiger partial charge >= 0.3 is 0 Å². The summed E-state index contributed by atoms with van der Waals surface area (Å²) in [6.45, 7) is 1.93. The first-order chi connectivity index (χ1) is 10.6. The maximum atomic E-state index is 12.3. The standard InChI is InChI=1S/C16H18N2O2S2/c1-11-13(12-5-3-2-4-6-12)22-15(17-11)18-14(19)16(20)7-9-21-10-8-16/h2-6,20H,7-10H2,1H3,(H,17,18,19). The Kier molecular flexibility index (Phi) is 4.52. The molecule has 2 heterocycles. The number of carbonyl (C=O) groups excluding carboxylic acids is 1. The summed E-state index contributed by atoms with van der Waals surface area (Å²) in [4.78, 5) is 17.8. The number of nitrogens with one attached hydrogen (secondary N) is 1. The first-order valence-electron chi connectivity index (χ1n) is 7.23. The quantitative estimate of drug-likeness (QED) is 0.904. The van der Waals surface area contributed by atoms with Gasteiger partial charge in [0.15, 0.2) is 5.13 Å². The van der Waals surface area contributed by atoms with Crippen LogP contribution in [-0.4, -0.2) is 33.1 Å². The molecule has 0 spiro atoms. The van der Waals surface area contributed by atoms with Crippen molar-refractivity contribution < 1.29 is 9.90 Å². The number of aliphatic hydroxyl groups is 1. The Balaban J connectivity index is 1.78. The molecule has 2 N–H and O–H groups in total. The summed E-state index contributed by atoms with van der Waals surface area (Å²) in [5.41, 5.74) is 0.723. The lowest BCUT2D eigenvalue weighted by molar-refractivity contribution is -0.134. The zero-order chi connectivity index (χ0) is 15.6. The minimum Gasteiger partial charge on any atom is -0.380 e. The predicted octanol–water partition coefficient (Wildman–Crippen LogP) is 3.32. The van der Waals surface area contributed by atoms with E-state index in [1.54, 1.807) is 11.8 Å². The van der Waals surface area contributed by atoms with Crippen LogP contribution in [0.2, 0.25) is 0 Å². The Hall–Kier alpha value is -1.37. The van der Waals surface area contributed by atoms with Crippen LogP contribution in [0.4, 0.5) is 5.13 Å². The number of hydrogen-bond donors (Lipinski definition) is 2. The molecule has 6 heteroatoms. The van der Waals surface area contributed by atoms with E-state index in [1.807, 2.05) is 37.3 Å². The van der Waals surface area contributed by atoms with Crippen LogP contribution in [0.1, 0.15) is 18.5 Å². The van der Waals surface area contributed by atoms with Gasteiger partial charge in [-0.2, -0.15) is 11.8 Å². The van der Waals surface area contributed by atoms with Crippen LogP contribution in [0.15, 0.2) is 30.3 Å². The molecule has 1 fully saturated rings. The second-order valence-corrected chi connectivity index (χ2v) is 7.62. The Morgan fingerprint density at radius 3 is 2.64 bits per heavy atom. The molecule has 22 heavy (non-hydrogen) atoms. The number of thiazole rings is 1. The second-order valence-electron chi connectivity index (χ2n) is 5.40. The van der Waals surface area contributed by atoms with E-state index in [0.29, 0.717) is 18.0 Å². The molecule has 1 saturated heterocycles. The predicted molar refractivity (Wildman–Crippen MR) is 92.4 cm³/mol. The molecule has 0 aliphatic carbocycles. The molecule has 0 unspecified atom stereocenters. The fraction of sp³-hybridized carbons (Fsp3) is 0.375. The first kappa shape index (κ1) is 15.5. The van der Waals surface area contributed by atoms with Crippen molar-refractivity contribution >= 4 is 34.1 Å². The molecule has 0 radical (unpaired) electrons. The van der Waals surface area contributed by atoms with Crippen molar-refractivity contribution in [1.82, 2.24) is 4.98 Å². The first-order valence-corrected chi connectivity index (χ1v) is 9.20. The summed E-state index contributed by atoms with van der Waals surface area (Å²) in [5.74, 6) is 1.30. The van der Waals surface area contributed by atoms with Gasteiger partial charge in [-0.25, -0.2) is 4.98 Å². The largest absolute Gasteiger partial charge is 0.380 e. The highest BCUT2D eigenvalue weighted by molar-refractivity contribution is 7.99. The molecule has 1 aliphatic rings. The van der Waals surface area contributed by atoms with Gasteiger partial charge in [0.2, 0.25) is 0 Å². The minimum atomic E-state index is -1.25. The number of aromatic nitrogens is 1. The number of carbonyl (C=O) groups is 1. The van der Waals surface area contributed by atoms with E-state index in [4.69, 9.17) is 0 Å². The number of rotatable bonds is 3. The van der Waals surface area contributed by atoms with Gasteiger partial charge in [0.1, 0.15) is 5.60 Å². The summed E-state index contributed by atoms with van der Waals surface area (Å²) < 4.78 is 0. The highest BCUT2D eigenvalue weighted by atomic mass is 32.2. The van der Waals surface area contributed by atoms with Crippen molar-refractivity contribution in [2.45, 2.75) is 25.4 Å². The molecule has 0 atom stereocenters. The lowest BCUT2D eigenvalue weighted by Gasteiger charge is -2.29. The highest BCUT2D eigenvalue weighted by Gasteiger charge is 2.37. The van der Waals surface area contributed by atoms with Crippen molar-refractivity contribution in [3.05, 3.63) is 36.0 Å². The van der Waals surface area contributed by atoms with Gasteiger partial charge in [0.05, 0.1) is 10.6 Å². The fourth-order valence-corrected chi connectivity index (χ4v) is 4.59. The average molecular weight is 334 g/mol. The van der Waals surface area contributed by atoms with Crippen molar-refractivity contribution in [2.24, 2.45) is 0 Å². The Morgan fingerprint density at radius 2 is 1.95 bits per heavy atom. The maximum Gasteiger partial charge on any atom is 0.258 e. The molecule has 2 aromatic rings. The molecular formula is C16H18N2O2S2. The number of amides is 1. The van der Waals surface area contributed by atoms with E-state index in [0.717, 1.165) is 27.6 Å². The molecule has 3 rings (SSSR count). The maximum absolute atomic E-state index is 12.3. The lowest BCUT2D eigenvalue weighted by Crippen LogP contribution is -2.45. The Labute approximate surface area is 138 Å². The molecule has 1 aliphatic heterocycles. The van der Waals surface area contributed by atoms with Crippen LogP contribution in [0.25, 0.3) is 10.4 Å². The molecule has 1 aromatic heterocycles. The van der Waals surface area contributed by atoms with E-state index < -0.39 is 5.60 Å². The van der Waals surface area contributed by atoms with Crippen molar-refractivity contribution in [1.29, 1.82) is 0 Å². The highest BCUT2D eigenvalue weighted by Crippen LogP contribution is 2.34. The smallest absolute Gasteiger partial charge is 0.258 e. The summed E-state index contributed by atoms with van der Waals surface area (Å²) in [5, 5.41) is 13.8. The molecule has 1 amide bonds.